The number of hydrogen-bond donors (Lipinski definition) is 2. The van der Waals surface area contributed by atoms with E-state index >= 15 is 0 Å². The molecule has 0 spiro atoms. The molecule has 1 aliphatic carbocycles. The molecular formula is C11H22N2O. The Bertz CT molecular complexity index is 197. The Morgan fingerprint density at radius 2 is 2.07 bits per heavy atom. The fourth-order valence-electron chi connectivity index (χ4n) is 2.11. The third-order valence-corrected chi connectivity index (χ3v) is 3.07. The van der Waals surface area contributed by atoms with Gasteiger partial charge in [-0.2, -0.15) is 0 Å². The maximum atomic E-state index is 11.7. The minimum Gasteiger partial charge on any atom is -0.350 e. The van der Waals surface area contributed by atoms with Gasteiger partial charge in [0.05, 0.1) is 6.04 Å². The summed E-state index contributed by atoms with van der Waals surface area (Å²) in [4.78, 5) is 11.7. The van der Waals surface area contributed by atoms with Crippen molar-refractivity contribution in [2.75, 3.05) is 0 Å². The molecule has 0 aliphatic heterocycles. The lowest BCUT2D eigenvalue weighted by atomic mass is 9.99. The highest BCUT2D eigenvalue weighted by atomic mass is 16.2. The van der Waals surface area contributed by atoms with Crippen LogP contribution in [0.25, 0.3) is 0 Å². The highest BCUT2D eigenvalue weighted by Crippen LogP contribution is 2.28. The van der Waals surface area contributed by atoms with Crippen LogP contribution in [0.3, 0.4) is 0 Å². The summed E-state index contributed by atoms with van der Waals surface area (Å²) < 4.78 is 0. The molecule has 0 aromatic rings. The predicted molar refractivity (Wildman–Crippen MR) is 57.9 cm³/mol. The Labute approximate surface area is 86.4 Å². The fourth-order valence-corrected chi connectivity index (χ4v) is 2.11. The third-order valence-electron chi connectivity index (χ3n) is 3.07. The lowest BCUT2D eigenvalue weighted by molar-refractivity contribution is -0.124. The molecule has 1 unspecified atom stereocenters. The molecule has 1 atom stereocenters. The zero-order chi connectivity index (χ0) is 10.6. The first-order valence-corrected chi connectivity index (χ1v) is 5.65. The van der Waals surface area contributed by atoms with Gasteiger partial charge in [-0.25, -0.2) is 0 Å². The molecule has 3 heteroatoms. The summed E-state index contributed by atoms with van der Waals surface area (Å²) in [6.45, 7) is 4.17. The molecule has 0 bridgehead atoms. The van der Waals surface area contributed by atoms with E-state index in [1.54, 1.807) is 0 Å². The normalized spacial score (nSPS) is 21.9. The van der Waals surface area contributed by atoms with Crippen LogP contribution < -0.4 is 11.1 Å². The maximum Gasteiger partial charge on any atom is 0.237 e. The van der Waals surface area contributed by atoms with Gasteiger partial charge in [0, 0.05) is 5.54 Å². The molecule has 0 radical (unpaired) electrons. The molecule has 82 valence electrons. The monoisotopic (exact) mass is 198 g/mol. The highest BCUT2D eigenvalue weighted by molar-refractivity contribution is 5.82. The molecule has 1 rings (SSSR count). The van der Waals surface area contributed by atoms with Crippen molar-refractivity contribution in [3.63, 3.8) is 0 Å². The summed E-state index contributed by atoms with van der Waals surface area (Å²) in [5.41, 5.74) is 5.77. The Kier molecular flexibility index (Phi) is 3.93. The molecule has 1 fully saturated rings. The van der Waals surface area contributed by atoms with Crippen LogP contribution in [0.2, 0.25) is 0 Å². The Morgan fingerprint density at radius 3 is 2.57 bits per heavy atom. The molecule has 0 aromatic heterocycles. The van der Waals surface area contributed by atoms with Gasteiger partial charge in [0.15, 0.2) is 0 Å². The van der Waals surface area contributed by atoms with Crippen LogP contribution in [0.15, 0.2) is 0 Å². The van der Waals surface area contributed by atoms with Crippen molar-refractivity contribution in [3.8, 4) is 0 Å². The van der Waals surface area contributed by atoms with E-state index in [1.807, 2.05) is 6.92 Å². The Hall–Kier alpha value is -0.570. The lowest BCUT2D eigenvalue weighted by Gasteiger charge is -2.27. The molecular weight excluding hydrogens is 176 g/mol. The first-order chi connectivity index (χ1) is 6.57. The lowest BCUT2D eigenvalue weighted by Crippen LogP contribution is -2.50. The van der Waals surface area contributed by atoms with Crippen LogP contribution >= 0.6 is 0 Å². The average Bonchev–Trinajstić information content (AvgIpc) is 2.52. The predicted octanol–water partition coefficient (Wildman–Crippen LogP) is 1.56. The molecule has 1 aliphatic rings. The summed E-state index contributed by atoms with van der Waals surface area (Å²) >= 11 is 0. The first kappa shape index (κ1) is 11.5. The quantitative estimate of drug-likeness (QED) is 0.720. The largest absolute Gasteiger partial charge is 0.350 e. The van der Waals surface area contributed by atoms with E-state index in [2.05, 4.69) is 12.2 Å². The van der Waals surface area contributed by atoms with Crippen molar-refractivity contribution in [2.45, 2.75) is 64.0 Å². The van der Waals surface area contributed by atoms with Gasteiger partial charge in [-0.3, -0.25) is 4.79 Å². The van der Waals surface area contributed by atoms with E-state index in [9.17, 15) is 4.79 Å². The second-order valence-corrected chi connectivity index (χ2v) is 4.65. The van der Waals surface area contributed by atoms with Crippen molar-refractivity contribution in [1.82, 2.24) is 5.32 Å². The molecule has 0 aromatic carbocycles. The number of nitrogens with two attached hydrogens (primary N) is 1. The second kappa shape index (κ2) is 4.78. The number of carbonyl (C=O) groups excluding carboxylic acids is 1. The minimum atomic E-state index is -0.322. The second-order valence-electron chi connectivity index (χ2n) is 4.65. The summed E-state index contributed by atoms with van der Waals surface area (Å²) in [5, 5.41) is 3.08. The van der Waals surface area contributed by atoms with Crippen LogP contribution in [0.1, 0.15) is 52.4 Å². The first-order valence-electron chi connectivity index (χ1n) is 5.65. The molecule has 14 heavy (non-hydrogen) atoms. The van der Waals surface area contributed by atoms with E-state index in [1.165, 1.54) is 12.8 Å². The topological polar surface area (TPSA) is 55.1 Å². The maximum absolute atomic E-state index is 11.7. The minimum absolute atomic E-state index is 0.0163. The SMILES string of the molecule is CCCC(N)C(=O)NC1(C)CCCC1. The van der Waals surface area contributed by atoms with E-state index < -0.39 is 0 Å². The molecule has 1 amide bonds. The van der Waals surface area contributed by atoms with Crippen molar-refractivity contribution in [3.05, 3.63) is 0 Å². The van der Waals surface area contributed by atoms with Crippen LogP contribution in [-0.2, 0) is 4.79 Å². The van der Waals surface area contributed by atoms with Crippen molar-refractivity contribution in [2.24, 2.45) is 5.73 Å². The Morgan fingerprint density at radius 1 is 1.50 bits per heavy atom. The van der Waals surface area contributed by atoms with Gasteiger partial charge < -0.3 is 11.1 Å². The van der Waals surface area contributed by atoms with Gasteiger partial charge in [0.2, 0.25) is 5.91 Å². The van der Waals surface area contributed by atoms with Crippen molar-refractivity contribution < 1.29 is 4.79 Å². The number of carbonyl (C=O) groups is 1. The van der Waals surface area contributed by atoms with Crippen LogP contribution in [0, 0.1) is 0 Å². The van der Waals surface area contributed by atoms with Gasteiger partial charge in [0.25, 0.3) is 0 Å². The molecule has 0 heterocycles. The molecule has 3 N–H and O–H groups in total. The molecule has 1 saturated carbocycles. The van der Waals surface area contributed by atoms with E-state index in [-0.39, 0.29) is 17.5 Å². The Balaban J connectivity index is 2.39. The molecule has 0 saturated heterocycles. The van der Waals surface area contributed by atoms with Gasteiger partial charge in [-0.1, -0.05) is 26.2 Å². The van der Waals surface area contributed by atoms with E-state index in [0.29, 0.717) is 0 Å². The van der Waals surface area contributed by atoms with E-state index in [4.69, 9.17) is 5.73 Å². The van der Waals surface area contributed by atoms with Gasteiger partial charge in [0.1, 0.15) is 0 Å². The smallest absolute Gasteiger partial charge is 0.237 e. The van der Waals surface area contributed by atoms with Crippen molar-refractivity contribution >= 4 is 5.91 Å². The highest BCUT2D eigenvalue weighted by Gasteiger charge is 2.31. The number of rotatable bonds is 4. The van der Waals surface area contributed by atoms with Crippen LogP contribution in [0.5, 0.6) is 0 Å². The van der Waals surface area contributed by atoms with Crippen LogP contribution in [-0.4, -0.2) is 17.5 Å². The van der Waals surface area contributed by atoms with Gasteiger partial charge in [-0.05, 0) is 26.2 Å². The summed E-state index contributed by atoms with van der Waals surface area (Å²) in [7, 11) is 0. The third kappa shape index (κ3) is 2.98. The van der Waals surface area contributed by atoms with Gasteiger partial charge >= 0.3 is 0 Å². The van der Waals surface area contributed by atoms with E-state index in [0.717, 1.165) is 25.7 Å². The fraction of sp³-hybridized carbons (Fsp3) is 0.909. The summed E-state index contributed by atoms with van der Waals surface area (Å²) in [5.74, 6) is 0.0243. The van der Waals surface area contributed by atoms with Crippen molar-refractivity contribution in [1.29, 1.82) is 0 Å². The standard InChI is InChI=1S/C11H22N2O/c1-3-6-9(12)10(14)13-11(2)7-4-5-8-11/h9H,3-8,12H2,1-2H3,(H,13,14). The number of amides is 1. The number of hydrogen-bond acceptors (Lipinski definition) is 2. The average molecular weight is 198 g/mol. The summed E-state index contributed by atoms with van der Waals surface area (Å²) in [6.07, 6.45) is 6.38. The number of nitrogens with one attached hydrogen (secondary N) is 1. The zero-order valence-corrected chi connectivity index (χ0v) is 9.31. The zero-order valence-electron chi connectivity index (χ0n) is 9.31. The van der Waals surface area contributed by atoms with Crippen LogP contribution in [0.4, 0.5) is 0 Å². The molecule has 3 nitrogen and oxygen atoms in total. The summed E-state index contributed by atoms with van der Waals surface area (Å²) in [6, 6.07) is -0.322. The van der Waals surface area contributed by atoms with Gasteiger partial charge in [-0.15, -0.1) is 0 Å².